The van der Waals surface area contributed by atoms with Crippen LogP contribution in [0, 0.1) is 6.92 Å². The molecule has 18 heavy (non-hydrogen) atoms. The summed E-state index contributed by atoms with van der Waals surface area (Å²) in [5.74, 6) is 0.125. The maximum atomic E-state index is 12.9. The summed E-state index contributed by atoms with van der Waals surface area (Å²) in [5, 5.41) is 3.07. The van der Waals surface area contributed by atoms with E-state index in [9.17, 15) is 13.2 Å². The van der Waals surface area contributed by atoms with Crippen LogP contribution < -0.4 is 5.32 Å². The number of halogens is 4. The number of piperidine rings is 1. The molecule has 0 spiro atoms. The molecule has 1 heterocycles. The van der Waals surface area contributed by atoms with E-state index in [1.54, 1.807) is 13.0 Å². The largest absolute Gasteiger partial charge is 0.417 e. The fraction of sp³-hybridized carbons (Fsp3) is 0.538. The number of rotatable bonds is 1. The first-order valence-corrected chi connectivity index (χ1v) is 6.35. The smallest absolute Gasteiger partial charge is 0.317 e. The van der Waals surface area contributed by atoms with Gasteiger partial charge in [0.15, 0.2) is 0 Å². The predicted molar refractivity (Wildman–Crippen MR) is 66.0 cm³/mol. The van der Waals surface area contributed by atoms with Gasteiger partial charge in [-0.15, -0.1) is 0 Å². The van der Waals surface area contributed by atoms with Gasteiger partial charge in [0.25, 0.3) is 0 Å². The Kier molecular flexibility index (Phi) is 3.87. The van der Waals surface area contributed by atoms with Gasteiger partial charge in [-0.25, -0.2) is 0 Å². The fourth-order valence-corrected chi connectivity index (χ4v) is 2.80. The lowest BCUT2D eigenvalue weighted by Gasteiger charge is -2.25. The Morgan fingerprint density at radius 2 is 1.83 bits per heavy atom. The molecule has 1 saturated heterocycles. The molecule has 0 amide bonds. The zero-order valence-corrected chi connectivity index (χ0v) is 10.8. The Morgan fingerprint density at radius 3 is 2.39 bits per heavy atom. The molecule has 5 heteroatoms. The molecule has 0 radical (unpaired) electrons. The van der Waals surface area contributed by atoms with E-state index in [1.165, 1.54) is 0 Å². The average molecular weight is 278 g/mol. The summed E-state index contributed by atoms with van der Waals surface area (Å²) < 4.78 is 38.6. The third kappa shape index (κ3) is 2.81. The van der Waals surface area contributed by atoms with Crippen molar-refractivity contribution >= 4 is 11.6 Å². The molecule has 1 aliphatic heterocycles. The first kappa shape index (κ1) is 13.7. The quantitative estimate of drug-likeness (QED) is 0.814. The fourth-order valence-electron chi connectivity index (χ4n) is 2.43. The van der Waals surface area contributed by atoms with Gasteiger partial charge < -0.3 is 5.32 Å². The van der Waals surface area contributed by atoms with Crippen molar-refractivity contribution in [3.8, 4) is 0 Å². The molecular weight excluding hydrogens is 263 g/mol. The summed E-state index contributed by atoms with van der Waals surface area (Å²) in [6, 6.07) is 2.90. The first-order valence-electron chi connectivity index (χ1n) is 5.97. The maximum Gasteiger partial charge on any atom is 0.417 e. The molecule has 0 atom stereocenters. The van der Waals surface area contributed by atoms with Crippen molar-refractivity contribution in [3.63, 3.8) is 0 Å². The van der Waals surface area contributed by atoms with Crippen molar-refractivity contribution < 1.29 is 13.2 Å². The number of nitrogens with one attached hydrogen (secondary N) is 1. The lowest BCUT2D eigenvalue weighted by atomic mass is 9.88. The van der Waals surface area contributed by atoms with Gasteiger partial charge in [-0.3, -0.25) is 0 Å². The molecule has 0 aliphatic carbocycles. The van der Waals surface area contributed by atoms with Gasteiger partial charge in [-0.1, -0.05) is 23.2 Å². The van der Waals surface area contributed by atoms with Gasteiger partial charge in [-0.2, -0.15) is 13.2 Å². The van der Waals surface area contributed by atoms with E-state index in [1.807, 2.05) is 0 Å². The predicted octanol–water partition coefficient (Wildman–Crippen LogP) is 4.13. The van der Waals surface area contributed by atoms with Crippen molar-refractivity contribution in [2.75, 3.05) is 13.1 Å². The van der Waals surface area contributed by atoms with Crippen LogP contribution in [-0.4, -0.2) is 13.1 Å². The highest BCUT2D eigenvalue weighted by Gasteiger charge is 2.35. The Balaban J connectivity index is 2.44. The standard InChI is InChI=1S/C13H15ClF3N/c1-8-6-10(9-2-4-18-5-3-9)12(14)11(7-8)13(15,16)17/h6-7,9,18H,2-5H2,1H3. The van der Waals surface area contributed by atoms with Gasteiger partial charge in [-0.05, 0) is 50.4 Å². The van der Waals surface area contributed by atoms with Crippen molar-refractivity contribution in [1.82, 2.24) is 5.32 Å². The SMILES string of the molecule is Cc1cc(C2CCNCC2)c(Cl)c(C(F)(F)F)c1. The van der Waals surface area contributed by atoms with Gasteiger partial charge in [0, 0.05) is 0 Å². The lowest BCUT2D eigenvalue weighted by Crippen LogP contribution is -2.27. The summed E-state index contributed by atoms with van der Waals surface area (Å²) in [4.78, 5) is 0. The Labute approximate surface area is 109 Å². The van der Waals surface area contributed by atoms with Crippen LogP contribution in [0.1, 0.15) is 35.4 Å². The molecule has 1 aromatic carbocycles. The van der Waals surface area contributed by atoms with Crippen LogP contribution in [0.3, 0.4) is 0 Å². The van der Waals surface area contributed by atoms with E-state index in [2.05, 4.69) is 5.32 Å². The molecule has 0 saturated carbocycles. The summed E-state index contributed by atoms with van der Waals surface area (Å²) in [6.07, 6.45) is -2.72. The molecule has 1 fully saturated rings. The average Bonchev–Trinajstić information content (AvgIpc) is 2.31. The number of aryl methyl sites for hydroxylation is 1. The van der Waals surface area contributed by atoms with Crippen molar-refractivity contribution in [2.45, 2.75) is 31.9 Å². The number of hydrogen-bond donors (Lipinski definition) is 1. The van der Waals surface area contributed by atoms with Crippen LogP contribution in [0.2, 0.25) is 5.02 Å². The number of alkyl halides is 3. The van der Waals surface area contributed by atoms with Gasteiger partial charge in [0.2, 0.25) is 0 Å². The van der Waals surface area contributed by atoms with Crippen LogP contribution in [0.5, 0.6) is 0 Å². The molecule has 1 N–H and O–H groups in total. The lowest BCUT2D eigenvalue weighted by molar-refractivity contribution is -0.137. The van der Waals surface area contributed by atoms with Crippen LogP contribution in [0.4, 0.5) is 13.2 Å². The van der Waals surface area contributed by atoms with Crippen molar-refractivity contribution in [2.24, 2.45) is 0 Å². The molecule has 1 aliphatic rings. The summed E-state index contributed by atoms with van der Waals surface area (Å²) in [7, 11) is 0. The zero-order valence-electron chi connectivity index (χ0n) is 10.1. The van der Waals surface area contributed by atoms with E-state index in [-0.39, 0.29) is 10.9 Å². The van der Waals surface area contributed by atoms with E-state index in [4.69, 9.17) is 11.6 Å². The highest BCUT2D eigenvalue weighted by Crippen LogP contribution is 2.41. The molecule has 2 rings (SSSR count). The minimum Gasteiger partial charge on any atom is -0.317 e. The zero-order chi connectivity index (χ0) is 13.3. The van der Waals surface area contributed by atoms with Crippen molar-refractivity contribution in [3.05, 3.63) is 33.8 Å². The van der Waals surface area contributed by atoms with Crippen LogP contribution in [0.15, 0.2) is 12.1 Å². The van der Waals surface area contributed by atoms with Crippen LogP contribution >= 0.6 is 11.6 Å². The summed E-state index contributed by atoms with van der Waals surface area (Å²) in [5.41, 5.74) is 0.545. The van der Waals surface area contributed by atoms with Crippen LogP contribution in [0.25, 0.3) is 0 Å². The second kappa shape index (κ2) is 5.10. The number of benzene rings is 1. The Hall–Kier alpha value is -0.740. The normalized spacial score (nSPS) is 18.1. The molecule has 1 nitrogen and oxygen atoms in total. The third-order valence-electron chi connectivity index (χ3n) is 3.33. The molecule has 0 unspecified atom stereocenters. The topological polar surface area (TPSA) is 12.0 Å². The Morgan fingerprint density at radius 1 is 1.22 bits per heavy atom. The monoisotopic (exact) mass is 277 g/mol. The molecular formula is C13H15ClF3N. The summed E-state index contributed by atoms with van der Waals surface area (Å²) in [6.45, 7) is 3.34. The highest BCUT2D eigenvalue weighted by molar-refractivity contribution is 6.32. The van der Waals surface area contributed by atoms with Gasteiger partial charge in [0.05, 0.1) is 10.6 Å². The maximum absolute atomic E-state index is 12.9. The molecule has 0 bridgehead atoms. The van der Waals surface area contributed by atoms with E-state index >= 15 is 0 Å². The van der Waals surface area contributed by atoms with E-state index < -0.39 is 11.7 Å². The molecule has 1 aromatic rings. The third-order valence-corrected chi connectivity index (χ3v) is 3.75. The minimum absolute atomic E-state index is 0.125. The highest BCUT2D eigenvalue weighted by atomic mass is 35.5. The summed E-state index contributed by atoms with van der Waals surface area (Å²) >= 11 is 5.96. The second-order valence-electron chi connectivity index (χ2n) is 4.74. The second-order valence-corrected chi connectivity index (χ2v) is 5.12. The first-order chi connectivity index (χ1) is 8.39. The molecule has 0 aromatic heterocycles. The van der Waals surface area contributed by atoms with E-state index in [0.717, 1.165) is 32.0 Å². The van der Waals surface area contributed by atoms with Gasteiger partial charge in [0.1, 0.15) is 0 Å². The van der Waals surface area contributed by atoms with Gasteiger partial charge >= 0.3 is 6.18 Å². The molecule has 100 valence electrons. The Bertz CT molecular complexity index is 437. The number of hydrogen-bond acceptors (Lipinski definition) is 1. The van der Waals surface area contributed by atoms with E-state index in [0.29, 0.717) is 11.1 Å². The van der Waals surface area contributed by atoms with Crippen LogP contribution in [-0.2, 0) is 6.18 Å². The minimum atomic E-state index is -4.38. The van der Waals surface area contributed by atoms with Crippen molar-refractivity contribution in [1.29, 1.82) is 0 Å².